The first-order chi connectivity index (χ1) is 14.4. The third-order valence-corrected chi connectivity index (χ3v) is 4.71. The zero-order chi connectivity index (χ0) is 21.7. The molecule has 0 radical (unpaired) electrons. The molecule has 30 heavy (non-hydrogen) atoms. The van der Waals surface area contributed by atoms with Crippen LogP contribution in [0, 0.1) is 0 Å². The summed E-state index contributed by atoms with van der Waals surface area (Å²) >= 11 is 0. The summed E-state index contributed by atoms with van der Waals surface area (Å²) in [6.45, 7) is 3.96. The van der Waals surface area contributed by atoms with Crippen molar-refractivity contribution in [3.63, 3.8) is 0 Å². The highest BCUT2D eigenvalue weighted by Gasteiger charge is 2.39. The molecule has 1 fully saturated rings. The highest BCUT2D eigenvalue weighted by atomic mass is 16.7. The molecule has 0 aliphatic carbocycles. The summed E-state index contributed by atoms with van der Waals surface area (Å²) in [5, 5.41) is 9.93. The largest absolute Gasteiger partial charge is 0.504 e. The fourth-order valence-electron chi connectivity index (χ4n) is 3.23. The number of hydrogen-bond donors (Lipinski definition) is 1. The van der Waals surface area contributed by atoms with Gasteiger partial charge in [0.15, 0.2) is 34.9 Å². The highest BCUT2D eigenvalue weighted by molar-refractivity contribution is 5.74. The van der Waals surface area contributed by atoms with Gasteiger partial charge in [-0.25, -0.2) is 0 Å². The SMILES string of the molecule is COc1cc([C@H]2OC(C)(C)OC[C@@H]2Oc2ccc(/C=C/C=O)cc2OC)ccc1O. The van der Waals surface area contributed by atoms with E-state index in [0.717, 1.165) is 11.1 Å². The lowest BCUT2D eigenvalue weighted by atomic mass is 10.0. The fourth-order valence-corrected chi connectivity index (χ4v) is 3.23. The minimum atomic E-state index is -0.802. The van der Waals surface area contributed by atoms with Crippen molar-refractivity contribution in [2.45, 2.75) is 31.8 Å². The number of carbonyl (C=O) groups excluding carboxylic acids is 1. The Hall–Kier alpha value is -3.03. The summed E-state index contributed by atoms with van der Waals surface area (Å²) in [6, 6.07) is 10.4. The number of allylic oxidation sites excluding steroid dienone is 1. The molecule has 2 aromatic carbocycles. The van der Waals surface area contributed by atoms with Crippen molar-refractivity contribution >= 4 is 12.4 Å². The minimum absolute atomic E-state index is 0.0469. The Morgan fingerprint density at radius 1 is 1.07 bits per heavy atom. The Kier molecular flexibility index (Phi) is 6.64. The molecule has 1 N–H and O–H groups in total. The van der Waals surface area contributed by atoms with E-state index in [-0.39, 0.29) is 12.4 Å². The second-order valence-electron chi connectivity index (χ2n) is 7.24. The molecule has 1 saturated heterocycles. The van der Waals surface area contributed by atoms with Crippen LogP contribution in [0.4, 0.5) is 0 Å². The van der Waals surface area contributed by atoms with Gasteiger partial charge >= 0.3 is 0 Å². The van der Waals surface area contributed by atoms with Gasteiger partial charge in [0.2, 0.25) is 0 Å². The average molecular weight is 414 g/mol. The van der Waals surface area contributed by atoms with Gasteiger partial charge in [-0.2, -0.15) is 0 Å². The van der Waals surface area contributed by atoms with Gasteiger partial charge in [-0.1, -0.05) is 18.2 Å². The van der Waals surface area contributed by atoms with E-state index in [4.69, 9.17) is 23.7 Å². The molecular formula is C23H26O7. The van der Waals surface area contributed by atoms with E-state index < -0.39 is 18.0 Å². The third-order valence-electron chi connectivity index (χ3n) is 4.71. The Morgan fingerprint density at radius 3 is 2.53 bits per heavy atom. The summed E-state index contributed by atoms with van der Waals surface area (Å²) < 4.78 is 28.9. The standard InChI is InChI=1S/C23H26O7/c1-23(2)28-14-21(22(30-23)16-8-9-17(25)19(13-16)26-3)29-18-10-7-15(6-5-11-24)12-20(18)27-4/h5-13,21-22,25H,14H2,1-4H3/b6-5+/t21-,22+/m0/s1. The lowest BCUT2D eigenvalue weighted by molar-refractivity contribution is -0.302. The molecule has 1 aliphatic rings. The Bertz CT molecular complexity index is 920. The van der Waals surface area contributed by atoms with Crippen molar-refractivity contribution < 1.29 is 33.6 Å². The van der Waals surface area contributed by atoms with Crippen LogP contribution in [0.5, 0.6) is 23.0 Å². The molecule has 0 aromatic heterocycles. The lowest BCUT2D eigenvalue weighted by Gasteiger charge is -2.41. The molecule has 7 heteroatoms. The van der Waals surface area contributed by atoms with E-state index >= 15 is 0 Å². The van der Waals surface area contributed by atoms with Crippen molar-refractivity contribution in [2.75, 3.05) is 20.8 Å². The van der Waals surface area contributed by atoms with Crippen molar-refractivity contribution in [1.82, 2.24) is 0 Å². The lowest BCUT2D eigenvalue weighted by Crippen LogP contribution is -2.46. The zero-order valence-electron chi connectivity index (χ0n) is 17.5. The minimum Gasteiger partial charge on any atom is -0.504 e. The smallest absolute Gasteiger partial charge is 0.163 e. The Balaban J connectivity index is 1.91. The van der Waals surface area contributed by atoms with Crippen molar-refractivity contribution in [1.29, 1.82) is 0 Å². The number of phenols is 1. The fraction of sp³-hybridized carbons (Fsp3) is 0.348. The molecule has 2 aromatic rings. The maximum Gasteiger partial charge on any atom is 0.163 e. The first kappa shape index (κ1) is 21.7. The Morgan fingerprint density at radius 2 is 1.83 bits per heavy atom. The summed E-state index contributed by atoms with van der Waals surface area (Å²) in [6.07, 6.45) is 2.86. The normalized spacial score (nSPS) is 20.7. The quantitative estimate of drug-likeness (QED) is 0.543. The molecule has 1 heterocycles. The zero-order valence-corrected chi connectivity index (χ0v) is 17.5. The van der Waals surface area contributed by atoms with Crippen LogP contribution in [0.15, 0.2) is 42.5 Å². The number of ether oxygens (including phenoxy) is 5. The van der Waals surface area contributed by atoms with Crippen molar-refractivity contribution in [3.8, 4) is 23.0 Å². The van der Waals surface area contributed by atoms with E-state index in [2.05, 4.69) is 0 Å². The van der Waals surface area contributed by atoms with Crippen molar-refractivity contribution in [2.24, 2.45) is 0 Å². The molecule has 1 aliphatic heterocycles. The van der Waals surface area contributed by atoms with Gasteiger partial charge in [0.05, 0.1) is 20.8 Å². The molecule has 3 rings (SSSR count). The van der Waals surface area contributed by atoms with Crippen LogP contribution in [0.3, 0.4) is 0 Å². The second-order valence-corrected chi connectivity index (χ2v) is 7.24. The number of benzene rings is 2. The molecule has 0 saturated carbocycles. The summed E-state index contributed by atoms with van der Waals surface area (Å²) in [5.74, 6) is 0.639. The number of aromatic hydroxyl groups is 1. The molecule has 7 nitrogen and oxygen atoms in total. The topological polar surface area (TPSA) is 83.5 Å². The molecule has 0 spiro atoms. The molecular weight excluding hydrogens is 388 g/mol. The van der Waals surface area contributed by atoms with Gasteiger partial charge in [-0.05, 0) is 55.3 Å². The maximum absolute atomic E-state index is 10.6. The molecule has 2 atom stereocenters. The van der Waals surface area contributed by atoms with Gasteiger partial charge in [0.25, 0.3) is 0 Å². The number of methoxy groups -OCH3 is 2. The molecule has 0 bridgehead atoms. The predicted octanol–water partition coefficient (Wildman–Crippen LogP) is 3.89. The van der Waals surface area contributed by atoms with Gasteiger partial charge in [-0.15, -0.1) is 0 Å². The van der Waals surface area contributed by atoms with Crippen molar-refractivity contribution in [3.05, 3.63) is 53.6 Å². The van der Waals surface area contributed by atoms with E-state index in [1.54, 1.807) is 43.5 Å². The van der Waals surface area contributed by atoms with E-state index in [9.17, 15) is 9.90 Å². The van der Waals surface area contributed by atoms with Crippen LogP contribution in [-0.4, -0.2) is 44.1 Å². The summed E-state index contributed by atoms with van der Waals surface area (Å²) in [4.78, 5) is 10.6. The van der Waals surface area contributed by atoms with Gasteiger partial charge in [0, 0.05) is 0 Å². The molecule has 160 valence electrons. The van der Waals surface area contributed by atoms with Crippen LogP contribution in [0.2, 0.25) is 0 Å². The van der Waals surface area contributed by atoms with Crippen LogP contribution in [0.1, 0.15) is 31.1 Å². The first-order valence-electron chi connectivity index (χ1n) is 9.52. The number of carbonyl (C=O) groups is 1. The van der Waals surface area contributed by atoms with Crippen LogP contribution >= 0.6 is 0 Å². The number of phenolic OH excluding ortho intramolecular Hbond substituents is 1. The number of rotatable bonds is 7. The molecule has 0 unspecified atom stereocenters. The maximum atomic E-state index is 10.6. The van der Waals surface area contributed by atoms with Gasteiger partial charge < -0.3 is 28.8 Å². The van der Waals surface area contributed by atoms with Crippen LogP contribution in [0.25, 0.3) is 6.08 Å². The second kappa shape index (κ2) is 9.19. The molecule has 0 amide bonds. The number of hydrogen-bond acceptors (Lipinski definition) is 7. The van der Waals surface area contributed by atoms with Gasteiger partial charge in [-0.3, -0.25) is 4.79 Å². The average Bonchev–Trinajstić information content (AvgIpc) is 2.74. The first-order valence-corrected chi connectivity index (χ1v) is 9.52. The monoisotopic (exact) mass is 414 g/mol. The van der Waals surface area contributed by atoms with Crippen LogP contribution in [-0.2, 0) is 14.3 Å². The van der Waals surface area contributed by atoms with Gasteiger partial charge in [0.1, 0.15) is 12.4 Å². The Labute approximate surface area is 175 Å². The van der Waals surface area contributed by atoms with E-state index in [1.807, 2.05) is 19.9 Å². The van der Waals surface area contributed by atoms with Crippen LogP contribution < -0.4 is 14.2 Å². The third kappa shape index (κ3) is 4.93. The predicted molar refractivity (Wildman–Crippen MR) is 111 cm³/mol. The summed E-state index contributed by atoms with van der Waals surface area (Å²) in [5.41, 5.74) is 1.60. The summed E-state index contributed by atoms with van der Waals surface area (Å²) in [7, 11) is 3.04. The van der Waals surface area contributed by atoms with E-state index in [0.29, 0.717) is 23.5 Å². The van der Waals surface area contributed by atoms with E-state index in [1.165, 1.54) is 13.2 Å². The number of aldehydes is 1. The highest BCUT2D eigenvalue weighted by Crippen LogP contribution is 2.40.